The van der Waals surface area contributed by atoms with E-state index >= 15 is 0 Å². The molecule has 2 amide bonds. The molecule has 0 spiro atoms. The quantitative estimate of drug-likeness (QED) is 0.295. The van der Waals surface area contributed by atoms with Crippen LogP contribution in [0.1, 0.15) is 36.2 Å². The molecule has 1 aliphatic carbocycles. The number of fused-ring (bicyclic) bond motifs is 1. The van der Waals surface area contributed by atoms with E-state index in [9.17, 15) is 9.59 Å². The number of carbonyl (C=O) groups is 2. The van der Waals surface area contributed by atoms with Crippen LogP contribution in [0.2, 0.25) is 0 Å². The summed E-state index contributed by atoms with van der Waals surface area (Å²) in [6.45, 7) is 3.35. The van der Waals surface area contributed by atoms with Crippen molar-refractivity contribution in [3.05, 3.63) is 47.5 Å². The molecule has 0 radical (unpaired) electrons. The van der Waals surface area contributed by atoms with Gasteiger partial charge in [-0.25, -0.2) is 5.48 Å². The zero-order valence-electron chi connectivity index (χ0n) is 16.4. The minimum Gasteiger partial charge on any atom is -0.396 e. The van der Waals surface area contributed by atoms with Gasteiger partial charge in [0.2, 0.25) is 0 Å². The van der Waals surface area contributed by atoms with E-state index in [4.69, 9.17) is 16.0 Å². The van der Waals surface area contributed by atoms with Crippen LogP contribution in [-0.4, -0.2) is 40.3 Å². The molecule has 1 unspecified atom stereocenters. The summed E-state index contributed by atoms with van der Waals surface area (Å²) in [5.74, 6) is 5.65. The summed E-state index contributed by atoms with van der Waals surface area (Å²) in [6.07, 6.45) is 0.949. The summed E-state index contributed by atoms with van der Waals surface area (Å²) in [5, 5.41) is 22.4. The molecular formula is C22H25N3O4. The van der Waals surface area contributed by atoms with Crippen molar-refractivity contribution in [3.63, 3.8) is 0 Å². The van der Waals surface area contributed by atoms with Crippen molar-refractivity contribution in [2.24, 2.45) is 17.6 Å². The van der Waals surface area contributed by atoms with Gasteiger partial charge in [0.05, 0.1) is 0 Å². The van der Waals surface area contributed by atoms with E-state index in [0.717, 1.165) is 22.8 Å². The molecule has 2 aromatic rings. The lowest BCUT2D eigenvalue weighted by molar-refractivity contribution is -0.132. The van der Waals surface area contributed by atoms with Crippen LogP contribution in [0.3, 0.4) is 0 Å². The summed E-state index contributed by atoms with van der Waals surface area (Å²) < 4.78 is 0. The monoisotopic (exact) mass is 395 g/mol. The summed E-state index contributed by atoms with van der Waals surface area (Å²) in [7, 11) is 0. The van der Waals surface area contributed by atoms with E-state index in [0.29, 0.717) is 11.5 Å². The highest BCUT2D eigenvalue weighted by atomic mass is 16.5. The fourth-order valence-electron chi connectivity index (χ4n) is 3.14. The van der Waals surface area contributed by atoms with Gasteiger partial charge in [-0.3, -0.25) is 14.8 Å². The highest BCUT2D eigenvalue weighted by Gasteiger charge is 2.35. The van der Waals surface area contributed by atoms with E-state index in [1.807, 2.05) is 24.3 Å². The summed E-state index contributed by atoms with van der Waals surface area (Å²) >= 11 is 0. The number of rotatable bonds is 5. The number of hydrogen-bond acceptors (Lipinski definition) is 5. The smallest absolute Gasteiger partial charge is 0.267 e. The van der Waals surface area contributed by atoms with Gasteiger partial charge in [0.1, 0.15) is 6.04 Å². The molecule has 0 bridgehead atoms. The second kappa shape index (κ2) is 8.21. The van der Waals surface area contributed by atoms with E-state index < -0.39 is 23.4 Å². The molecule has 2 aromatic carbocycles. The number of aliphatic hydroxyl groups excluding tert-OH is 1. The molecule has 1 saturated carbocycles. The van der Waals surface area contributed by atoms with Gasteiger partial charge in [-0.1, -0.05) is 24.0 Å². The fourth-order valence-corrected chi connectivity index (χ4v) is 3.14. The Hall–Kier alpha value is -2.92. The van der Waals surface area contributed by atoms with E-state index in [-0.39, 0.29) is 12.5 Å². The number of nitrogens with two attached hydrogens (primary N) is 1. The van der Waals surface area contributed by atoms with Gasteiger partial charge in [-0.2, -0.15) is 0 Å². The minimum atomic E-state index is -1.10. The van der Waals surface area contributed by atoms with Crippen molar-refractivity contribution in [3.8, 4) is 11.8 Å². The molecule has 1 fully saturated rings. The highest BCUT2D eigenvalue weighted by molar-refractivity contribution is 6.01. The number of amides is 2. The SMILES string of the molecule is CC(C)(N)[C@H](NC(=O)c1ccc2cc(C#CC3C[C@@H]3CO)ccc2c1)C(=O)NO. The lowest BCUT2D eigenvalue weighted by atomic mass is 9.94. The van der Waals surface area contributed by atoms with Gasteiger partial charge in [0, 0.05) is 29.2 Å². The Morgan fingerprint density at radius 1 is 1.24 bits per heavy atom. The van der Waals surface area contributed by atoms with Gasteiger partial charge in [0.25, 0.3) is 11.8 Å². The van der Waals surface area contributed by atoms with Gasteiger partial charge in [-0.15, -0.1) is 0 Å². The number of carbonyl (C=O) groups excluding carboxylic acids is 2. The summed E-state index contributed by atoms with van der Waals surface area (Å²) in [5.41, 5.74) is 7.67. The van der Waals surface area contributed by atoms with Crippen molar-refractivity contribution < 1.29 is 19.9 Å². The Bertz CT molecular complexity index is 1000. The van der Waals surface area contributed by atoms with Crippen LogP contribution < -0.4 is 16.5 Å². The second-order valence-electron chi connectivity index (χ2n) is 8.03. The Kier molecular flexibility index (Phi) is 5.89. The maximum absolute atomic E-state index is 12.6. The normalized spacial score (nSPS) is 19.1. The second-order valence-corrected chi connectivity index (χ2v) is 8.03. The predicted molar refractivity (Wildman–Crippen MR) is 109 cm³/mol. The topological polar surface area (TPSA) is 125 Å². The van der Waals surface area contributed by atoms with Crippen LogP contribution in [-0.2, 0) is 4.79 Å². The van der Waals surface area contributed by atoms with Crippen molar-refractivity contribution >= 4 is 22.6 Å². The van der Waals surface area contributed by atoms with E-state index in [1.54, 1.807) is 26.0 Å². The lowest BCUT2D eigenvalue weighted by Gasteiger charge is -2.29. The summed E-state index contributed by atoms with van der Waals surface area (Å²) in [4.78, 5) is 24.5. The van der Waals surface area contributed by atoms with Gasteiger partial charge in [-0.05, 0) is 61.2 Å². The van der Waals surface area contributed by atoms with Crippen LogP contribution in [0.25, 0.3) is 10.8 Å². The Labute approximate surface area is 169 Å². The first-order valence-corrected chi connectivity index (χ1v) is 9.43. The number of benzene rings is 2. The highest BCUT2D eigenvalue weighted by Crippen LogP contribution is 2.37. The zero-order valence-corrected chi connectivity index (χ0v) is 16.4. The molecule has 0 aromatic heterocycles. The molecule has 0 aliphatic heterocycles. The molecule has 6 N–H and O–H groups in total. The molecular weight excluding hydrogens is 370 g/mol. The number of aliphatic hydroxyl groups is 1. The van der Waals surface area contributed by atoms with Crippen molar-refractivity contribution in [2.75, 3.05) is 6.61 Å². The van der Waals surface area contributed by atoms with Crippen LogP contribution >= 0.6 is 0 Å². The van der Waals surface area contributed by atoms with Crippen LogP contribution in [0.15, 0.2) is 36.4 Å². The van der Waals surface area contributed by atoms with E-state index in [2.05, 4.69) is 17.2 Å². The average Bonchev–Trinajstić information content (AvgIpc) is 3.47. The Morgan fingerprint density at radius 2 is 1.93 bits per heavy atom. The average molecular weight is 395 g/mol. The first-order valence-electron chi connectivity index (χ1n) is 9.43. The number of nitrogens with one attached hydrogen (secondary N) is 2. The van der Waals surface area contributed by atoms with E-state index in [1.165, 1.54) is 5.48 Å². The molecule has 0 saturated heterocycles. The fraction of sp³-hybridized carbons (Fsp3) is 0.364. The molecule has 3 atom stereocenters. The number of hydroxylamine groups is 1. The van der Waals surface area contributed by atoms with Gasteiger partial charge >= 0.3 is 0 Å². The summed E-state index contributed by atoms with van der Waals surface area (Å²) in [6, 6.07) is 9.83. The van der Waals surface area contributed by atoms with Crippen LogP contribution in [0.5, 0.6) is 0 Å². The lowest BCUT2D eigenvalue weighted by Crippen LogP contribution is -2.61. The zero-order chi connectivity index (χ0) is 21.2. The van der Waals surface area contributed by atoms with Crippen LogP contribution in [0, 0.1) is 23.7 Å². The molecule has 0 heterocycles. The van der Waals surface area contributed by atoms with Crippen LogP contribution in [0.4, 0.5) is 0 Å². The maximum atomic E-state index is 12.6. The third-order valence-electron chi connectivity index (χ3n) is 5.05. The molecule has 29 heavy (non-hydrogen) atoms. The molecule has 7 heteroatoms. The molecule has 3 rings (SSSR count). The third-order valence-corrected chi connectivity index (χ3v) is 5.05. The van der Waals surface area contributed by atoms with Crippen molar-refractivity contribution in [2.45, 2.75) is 31.8 Å². The minimum absolute atomic E-state index is 0.185. The first-order chi connectivity index (χ1) is 13.7. The molecule has 152 valence electrons. The van der Waals surface area contributed by atoms with Crippen molar-refractivity contribution in [1.82, 2.24) is 10.8 Å². The molecule has 1 aliphatic rings. The van der Waals surface area contributed by atoms with Crippen molar-refractivity contribution in [1.29, 1.82) is 0 Å². The first kappa shape index (κ1) is 20.8. The maximum Gasteiger partial charge on any atom is 0.267 e. The Morgan fingerprint density at radius 3 is 2.55 bits per heavy atom. The van der Waals surface area contributed by atoms with Gasteiger partial charge in [0.15, 0.2) is 0 Å². The standard InChI is InChI=1S/C22H25N3O4/c1-22(2,23)19(21(28)25-29)24-20(27)17-8-7-14-9-13(3-5-15(14)10-17)4-6-16-11-18(16)12-26/h3,5,7-10,16,18-19,26,29H,11-12,23H2,1-2H3,(H,24,27)(H,25,28)/t16?,18-,19-/m1/s1. The van der Waals surface area contributed by atoms with Gasteiger partial charge < -0.3 is 16.2 Å². The number of hydrogen-bond donors (Lipinski definition) is 5. The molecule has 7 nitrogen and oxygen atoms in total. The predicted octanol–water partition coefficient (Wildman–Crippen LogP) is 1.16. The third kappa shape index (κ3) is 4.93. The largest absolute Gasteiger partial charge is 0.396 e. The Balaban J connectivity index is 1.77.